The van der Waals surface area contributed by atoms with Crippen molar-refractivity contribution in [2.45, 2.75) is 0 Å². The van der Waals surface area contributed by atoms with Crippen molar-refractivity contribution in [3.63, 3.8) is 0 Å². The molecule has 3 aromatic carbocycles. The van der Waals surface area contributed by atoms with Gasteiger partial charge in [0, 0.05) is 10.0 Å². The fourth-order valence-electron chi connectivity index (χ4n) is 2.76. The van der Waals surface area contributed by atoms with Crippen molar-refractivity contribution < 1.29 is 19.2 Å². The Morgan fingerprint density at radius 3 is 2.31 bits per heavy atom. The molecule has 0 saturated carbocycles. The van der Waals surface area contributed by atoms with E-state index in [4.69, 9.17) is 9.57 Å². The summed E-state index contributed by atoms with van der Waals surface area (Å²) in [6.07, 6.45) is 1.70. The SMILES string of the molecule is O=C1ON=C(c2ccccc2)/C1=C/c1ccc(OC(=O)c2ccc(Br)cc2)cc1. The number of nitrogens with zero attached hydrogens (tertiary/aromatic N) is 1. The summed E-state index contributed by atoms with van der Waals surface area (Å²) in [7, 11) is 0. The monoisotopic (exact) mass is 447 g/mol. The predicted octanol–water partition coefficient (Wildman–Crippen LogP) is 5.01. The summed E-state index contributed by atoms with van der Waals surface area (Å²) in [6.45, 7) is 0. The topological polar surface area (TPSA) is 65.0 Å². The highest BCUT2D eigenvalue weighted by Crippen LogP contribution is 2.22. The molecular weight excluding hydrogens is 434 g/mol. The minimum atomic E-state index is -0.505. The Morgan fingerprint density at radius 2 is 1.62 bits per heavy atom. The molecule has 1 aliphatic rings. The first kappa shape index (κ1) is 18.8. The highest BCUT2D eigenvalue weighted by molar-refractivity contribution is 9.10. The average Bonchev–Trinajstić information content (AvgIpc) is 3.11. The van der Waals surface area contributed by atoms with Gasteiger partial charge < -0.3 is 9.57 Å². The van der Waals surface area contributed by atoms with Crippen molar-refractivity contribution in [3.8, 4) is 5.75 Å². The molecule has 0 N–H and O–H groups in total. The van der Waals surface area contributed by atoms with Gasteiger partial charge in [-0.25, -0.2) is 9.59 Å². The molecule has 0 fully saturated rings. The Morgan fingerprint density at radius 1 is 0.931 bits per heavy atom. The quantitative estimate of drug-likeness (QED) is 0.244. The molecule has 4 rings (SSSR count). The summed E-state index contributed by atoms with van der Waals surface area (Å²) >= 11 is 3.33. The Balaban J connectivity index is 1.51. The summed E-state index contributed by atoms with van der Waals surface area (Å²) in [4.78, 5) is 29.1. The molecule has 0 radical (unpaired) electrons. The number of halogens is 1. The summed E-state index contributed by atoms with van der Waals surface area (Å²) in [5.74, 6) is -0.540. The Bertz CT molecular complexity index is 1120. The molecule has 0 aromatic heterocycles. The Labute approximate surface area is 175 Å². The fraction of sp³-hybridized carbons (Fsp3) is 0. The van der Waals surface area contributed by atoms with Gasteiger partial charge in [0.25, 0.3) is 0 Å². The maximum atomic E-state index is 12.2. The van der Waals surface area contributed by atoms with Crippen molar-refractivity contribution in [2.24, 2.45) is 5.16 Å². The van der Waals surface area contributed by atoms with E-state index < -0.39 is 11.9 Å². The largest absolute Gasteiger partial charge is 0.423 e. The van der Waals surface area contributed by atoms with Crippen molar-refractivity contribution in [1.82, 2.24) is 0 Å². The summed E-state index contributed by atoms with van der Waals surface area (Å²) < 4.78 is 6.27. The van der Waals surface area contributed by atoms with E-state index in [1.54, 1.807) is 54.6 Å². The molecular formula is C23H14BrNO4. The van der Waals surface area contributed by atoms with E-state index in [1.165, 1.54) is 0 Å². The van der Waals surface area contributed by atoms with Crippen LogP contribution in [0.4, 0.5) is 0 Å². The van der Waals surface area contributed by atoms with Gasteiger partial charge in [0.05, 0.1) is 11.1 Å². The molecule has 142 valence electrons. The number of hydrogen-bond donors (Lipinski definition) is 0. The van der Waals surface area contributed by atoms with E-state index in [1.807, 2.05) is 30.3 Å². The molecule has 0 aliphatic carbocycles. The van der Waals surface area contributed by atoms with Crippen LogP contribution in [0.2, 0.25) is 0 Å². The normalized spacial score (nSPS) is 14.4. The van der Waals surface area contributed by atoms with E-state index >= 15 is 0 Å². The lowest BCUT2D eigenvalue weighted by Gasteiger charge is -2.05. The molecule has 0 amide bonds. The fourth-order valence-corrected chi connectivity index (χ4v) is 3.03. The lowest BCUT2D eigenvalue weighted by Crippen LogP contribution is -2.08. The minimum Gasteiger partial charge on any atom is -0.423 e. The lowest BCUT2D eigenvalue weighted by molar-refractivity contribution is -0.136. The molecule has 3 aromatic rings. The van der Waals surface area contributed by atoms with Crippen LogP contribution in [0, 0.1) is 0 Å². The molecule has 5 nitrogen and oxygen atoms in total. The lowest BCUT2D eigenvalue weighted by atomic mass is 10.0. The zero-order valence-electron chi connectivity index (χ0n) is 15.0. The van der Waals surface area contributed by atoms with Crippen LogP contribution in [0.25, 0.3) is 6.08 Å². The van der Waals surface area contributed by atoms with Crippen LogP contribution < -0.4 is 4.74 Å². The van der Waals surface area contributed by atoms with Crippen LogP contribution in [0.15, 0.2) is 94.1 Å². The van der Waals surface area contributed by atoms with Gasteiger partial charge in [-0.2, -0.15) is 0 Å². The first-order valence-corrected chi connectivity index (χ1v) is 9.54. The predicted molar refractivity (Wildman–Crippen MR) is 113 cm³/mol. The van der Waals surface area contributed by atoms with E-state index in [0.717, 1.165) is 15.6 Å². The van der Waals surface area contributed by atoms with E-state index in [-0.39, 0.29) is 0 Å². The number of carbonyl (C=O) groups is 2. The third kappa shape index (κ3) is 4.33. The van der Waals surface area contributed by atoms with Crippen LogP contribution in [-0.2, 0) is 9.63 Å². The summed E-state index contributed by atoms with van der Waals surface area (Å²) in [5, 5.41) is 3.89. The van der Waals surface area contributed by atoms with Gasteiger partial charge in [0.1, 0.15) is 11.5 Å². The van der Waals surface area contributed by atoms with Crippen molar-refractivity contribution in [2.75, 3.05) is 0 Å². The maximum absolute atomic E-state index is 12.2. The molecule has 0 bridgehead atoms. The first-order valence-electron chi connectivity index (χ1n) is 8.75. The van der Waals surface area contributed by atoms with Crippen LogP contribution >= 0.6 is 15.9 Å². The zero-order chi connectivity index (χ0) is 20.2. The molecule has 0 spiro atoms. The van der Waals surface area contributed by atoms with Crippen LogP contribution in [-0.4, -0.2) is 17.7 Å². The minimum absolute atomic E-state index is 0.371. The van der Waals surface area contributed by atoms with Crippen molar-refractivity contribution in [1.29, 1.82) is 0 Å². The average molecular weight is 448 g/mol. The van der Waals surface area contributed by atoms with Gasteiger partial charge in [-0.15, -0.1) is 0 Å². The molecule has 1 aliphatic heterocycles. The third-order valence-corrected chi connectivity index (χ3v) is 4.75. The van der Waals surface area contributed by atoms with Gasteiger partial charge in [-0.05, 0) is 48.0 Å². The number of ether oxygens (including phenoxy) is 1. The van der Waals surface area contributed by atoms with E-state index in [0.29, 0.717) is 22.6 Å². The number of rotatable bonds is 4. The standard InChI is InChI=1S/C23H14BrNO4/c24-18-10-8-17(9-11-18)22(26)28-19-12-6-15(7-13-19)14-20-21(25-29-23(20)27)16-4-2-1-3-5-16/h1-14H/b20-14-. The van der Waals surface area contributed by atoms with Gasteiger partial charge in [-0.1, -0.05) is 63.6 Å². The van der Waals surface area contributed by atoms with Gasteiger partial charge >= 0.3 is 11.9 Å². The number of carbonyl (C=O) groups excluding carboxylic acids is 2. The molecule has 29 heavy (non-hydrogen) atoms. The number of esters is 1. The zero-order valence-corrected chi connectivity index (χ0v) is 16.6. The number of hydrogen-bond acceptors (Lipinski definition) is 5. The van der Waals surface area contributed by atoms with Crippen molar-refractivity contribution in [3.05, 3.63) is 106 Å². The van der Waals surface area contributed by atoms with Crippen molar-refractivity contribution >= 4 is 39.7 Å². The third-order valence-electron chi connectivity index (χ3n) is 4.22. The van der Waals surface area contributed by atoms with Crippen LogP contribution in [0.1, 0.15) is 21.5 Å². The molecule has 6 heteroatoms. The van der Waals surface area contributed by atoms with Gasteiger partial charge in [0.2, 0.25) is 0 Å². The highest BCUT2D eigenvalue weighted by Gasteiger charge is 2.26. The summed E-state index contributed by atoms with van der Waals surface area (Å²) in [5.41, 5.74) is 2.87. The van der Waals surface area contributed by atoms with E-state index in [9.17, 15) is 9.59 Å². The van der Waals surface area contributed by atoms with Gasteiger partial charge in [-0.3, -0.25) is 0 Å². The van der Waals surface area contributed by atoms with Crippen LogP contribution in [0.5, 0.6) is 5.75 Å². The Kier molecular flexibility index (Phi) is 5.35. The molecule has 0 saturated heterocycles. The molecule has 0 unspecified atom stereocenters. The van der Waals surface area contributed by atoms with Gasteiger partial charge in [0.15, 0.2) is 0 Å². The van der Waals surface area contributed by atoms with E-state index in [2.05, 4.69) is 21.1 Å². The molecule has 0 atom stereocenters. The Hall–Kier alpha value is -3.51. The smallest absolute Gasteiger partial charge is 0.368 e. The second-order valence-electron chi connectivity index (χ2n) is 6.21. The second-order valence-corrected chi connectivity index (χ2v) is 7.12. The number of oxime groups is 1. The first-order chi connectivity index (χ1) is 14.1. The number of benzene rings is 3. The summed E-state index contributed by atoms with van der Waals surface area (Å²) in [6, 6.07) is 23.1. The molecule has 1 heterocycles. The highest BCUT2D eigenvalue weighted by atomic mass is 79.9. The maximum Gasteiger partial charge on any atom is 0.368 e. The second kappa shape index (κ2) is 8.24. The van der Waals surface area contributed by atoms with Crippen LogP contribution in [0.3, 0.4) is 0 Å².